The van der Waals surface area contributed by atoms with Crippen LogP contribution < -0.4 is 10.6 Å². The summed E-state index contributed by atoms with van der Waals surface area (Å²) >= 11 is 0. The Morgan fingerprint density at radius 1 is 1.00 bits per heavy atom. The molecule has 0 fully saturated rings. The first-order valence-electron chi connectivity index (χ1n) is 8.84. The standard InChI is InChI=1S/C23H23O2P/c1-2-25-26(21-14-5-3-6-15-21,22-16-7-4-8-17-22)23-18-10-9-12-20(23)13-11-19-24/h3-18,23,26H,2H2,1H3. The third-order valence-corrected chi connectivity index (χ3v) is 9.15. The van der Waals surface area contributed by atoms with Crippen molar-refractivity contribution in [2.45, 2.75) is 12.6 Å². The Balaban J connectivity index is 2.27. The molecule has 0 heterocycles. The van der Waals surface area contributed by atoms with Crippen LogP contribution >= 0.6 is 7.49 Å². The van der Waals surface area contributed by atoms with Crippen LogP contribution in [0.25, 0.3) is 0 Å². The molecule has 0 amide bonds. The van der Waals surface area contributed by atoms with Crippen molar-refractivity contribution in [3.8, 4) is 0 Å². The van der Waals surface area contributed by atoms with Gasteiger partial charge in [0.25, 0.3) is 0 Å². The maximum atomic E-state index is 10.8. The van der Waals surface area contributed by atoms with Crippen molar-refractivity contribution in [2.24, 2.45) is 0 Å². The third-order valence-electron chi connectivity index (χ3n) is 4.62. The maximum absolute atomic E-state index is 10.8. The topological polar surface area (TPSA) is 26.3 Å². The first-order chi connectivity index (χ1) is 12.8. The fourth-order valence-corrected chi connectivity index (χ4v) is 8.04. The van der Waals surface area contributed by atoms with Crippen molar-refractivity contribution in [2.75, 3.05) is 6.61 Å². The number of rotatable bonds is 6. The van der Waals surface area contributed by atoms with Gasteiger partial charge in [0, 0.05) is 0 Å². The van der Waals surface area contributed by atoms with E-state index in [1.165, 1.54) is 16.7 Å². The van der Waals surface area contributed by atoms with E-state index < -0.39 is 7.49 Å². The molecule has 3 rings (SSSR count). The monoisotopic (exact) mass is 362 g/mol. The summed E-state index contributed by atoms with van der Waals surface area (Å²) in [4.78, 5) is 10.8. The van der Waals surface area contributed by atoms with Gasteiger partial charge in [0.2, 0.25) is 0 Å². The zero-order valence-electron chi connectivity index (χ0n) is 14.8. The first kappa shape index (κ1) is 18.3. The van der Waals surface area contributed by atoms with Crippen LogP contribution in [0.1, 0.15) is 6.92 Å². The van der Waals surface area contributed by atoms with Crippen LogP contribution in [0, 0.1) is 0 Å². The molecule has 1 aliphatic carbocycles. The minimum atomic E-state index is -2.62. The third kappa shape index (κ3) is 3.54. The second kappa shape index (κ2) is 8.74. The van der Waals surface area contributed by atoms with Gasteiger partial charge in [0.05, 0.1) is 0 Å². The minimum absolute atomic E-state index is 0.0712. The summed E-state index contributed by atoms with van der Waals surface area (Å²) in [7, 11) is -2.62. The molecule has 2 aromatic carbocycles. The Hall–Kier alpha value is -2.50. The molecule has 2 nitrogen and oxygen atoms in total. The molecular weight excluding hydrogens is 339 g/mol. The molecule has 1 aliphatic rings. The van der Waals surface area contributed by atoms with E-state index in [-0.39, 0.29) is 5.66 Å². The number of carbonyl (C=O) groups excluding carboxylic acids is 1. The molecule has 0 saturated heterocycles. The van der Waals surface area contributed by atoms with E-state index in [0.717, 1.165) is 5.57 Å². The van der Waals surface area contributed by atoms with Crippen LogP contribution in [0.3, 0.4) is 0 Å². The first-order valence-corrected chi connectivity index (χ1v) is 10.8. The summed E-state index contributed by atoms with van der Waals surface area (Å²) in [5, 5.41) is 2.44. The van der Waals surface area contributed by atoms with Crippen molar-refractivity contribution in [3.05, 3.63) is 103 Å². The summed E-state index contributed by atoms with van der Waals surface area (Å²) in [6, 6.07) is 21.0. The van der Waals surface area contributed by atoms with Gasteiger partial charge in [0.1, 0.15) is 0 Å². The molecule has 0 aliphatic heterocycles. The Morgan fingerprint density at radius 3 is 2.15 bits per heavy atom. The number of hydrogen-bond acceptors (Lipinski definition) is 2. The quantitative estimate of drug-likeness (QED) is 0.570. The van der Waals surface area contributed by atoms with Gasteiger partial charge in [-0.2, -0.15) is 0 Å². The molecule has 0 bridgehead atoms. The van der Waals surface area contributed by atoms with Gasteiger partial charge in [-0.3, -0.25) is 0 Å². The van der Waals surface area contributed by atoms with Crippen molar-refractivity contribution in [1.29, 1.82) is 0 Å². The fourth-order valence-electron chi connectivity index (χ4n) is 3.60. The van der Waals surface area contributed by atoms with Gasteiger partial charge < -0.3 is 0 Å². The van der Waals surface area contributed by atoms with Gasteiger partial charge in [0.15, 0.2) is 0 Å². The predicted octanol–water partition coefficient (Wildman–Crippen LogP) is 4.15. The normalized spacial score (nSPS) is 18.5. The van der Waals surface area contributed by atoms with E-state index in [9.17, 15) is 4.79 Å². The summed E-state index contributed by atoms with van der Waals surface area (Å²) in [6.45, 7) is 2.67. The van der Waals surface area contributed by atoms with Crippen molar-refractivity contribution < 1.29 is 9.32 Å². The van der Waals surface area contributed by atoms with Crippen molar-refractivity contribution >= 4 is 24.0 Å². The van der Waals surface area contributed by atoms with Gasteiger partial charge in [-0.15, -0.1) is 0 Å². The average molecular weight is 362 g/mol. The fraction of sp³-hybridized carbons (Fsp3) is 0.130. The molecular formula is C23H23O2P. The van der Waals surface area contributed by atoms with Gasteiger partial charge in [-0.25, -0.2) is 0 Å². The average Bonchev–Trinajstić information content (AvgIpc) is 2.72. The van der Waals surface area contributed by atoms with Crippen LogP contribution in [0.2, 0.25) is 0 Å². The molecule has 3 heteroatoms. The Labute approximate surface area is 155 Å². The van der Waals surface area contributed by atoms with Gasteiger partial charge in [-0.1, -0.05) is 0 Å². The molecule has 0 spiro atoms. The van der Waals surface area contributed by atoms with Crippen LogP contribution in [0.4, 0.5) is 0 Å². The molecule has 0 radical (unpaired) electrons. The zero-order valence-corrected chi connectivity index (χ0v) is 15.8. The SMILES string of the molecule is CCO[PH](c1ccccc1)(c1ccccc1)C1C=CC=CC1=CC=C=O. The van der Waals surface area contributed by atoms with Crippen LogP contribution in [0.5, 0.6) is 0 Å². The number of allylic oxidation sites excluding steroid dienone is 7. The van der Waals surface area contributed by atoms with E-state index in [1.807, 2.05) is 37.1 Å². The molecule has 132 valence electrons. The van der Waals surface area contributed by atoms with Gasteiger partial charge >= 0.3 is 155 Å². The molecule has 2 aromatic rings. The molecule has 0 saturated carbocycles. The van der Waals surface area contributed by atoms with Gasteiger partial charge in [-0.05, 0) is 0 Å². The zero-order chi connectivity index (χ0) is 18.2. The van der Waals surface area contributed by atoms with E-state index in [0.29, 0.717) is 6.61 Å². The number of hydrogen-bond donors (Lipinski definition) is 0. The van der Waals surface area contributed by atoms with Crippen LogP contribution in [-0.2, 0) is 9.32 Å². The molecule has 1 unspecified atom stereocenters. The van der Waals surface area contributed by atoms with Crippen molar-refractivity contribution in [3.63, 3.8) is 0 Å². The molecule has 26 heavy (non-hydrogen) atoms. The summed E-state index contributed by atoms with van der Waals surface area (Å²) in [5.74, 6) is 1.86. The Morgan fingerprint density at radius 2 is 1.62 bits per heavy atom. The van der Waals surface area contributed by atoms with Crippen molar-refractivity contribution in [1.82, 2.24) is 0 Å². The molecule has 0 N–H and O–H groups in total. The van der Waals surface area contributed by atoms with E-state index in [4.69, 9.17) is 4.52 Å². The second-order valence-corrected chi connectivity index (χ2v) is 9.61. The molecule has 0 aromatic heterocycles. The Bertz CT molecular complexity index is 820. The Kier molecular flexibility index (Phi) is 6.15. The van der Waals surface area contributed by atoms with E-state index >= 15 is 0 Å². The van der Waals surface area contributed by atoms with E-state index in [2.05, 4.69) is 66.8 Å². The summed E-state index contributed by atoms with van der Waals surface area (Å²) < 4.78 is 6.65. The predicted molar refractivity (Wildman–Crippen MR) is 113 cm³/mol. The molecule has 1 atom stereocenters. The van der Waals surface area contributed by atoms with E-state index in [1.54, 1.807) is 0 Å². The van der Waals surface area contributed by atoms with Crippen LogP contribution in [0.15, 0.2) is 103 Å². The second-order valence-electron chi connectivity index (χ2n) is 6.07. The number of benzene rings is 2. The summed E-state index contributed by atoms with van der Waals surface area (Å²) in [5.41, 5.74) is 1.14. The van der Waals surface area contributed by atoms with Crippen LogP contribution in [-0.4, -0.2) is 18.2 Å². The summed E-state index contributed by atoms with van der Waals surface area (Å²) in [6.07, 6.45) is 11.6.